The quantitative estimate of drug-likeness (QED) is 0.559. The van der Waals surface area contributed by atoms with E-state index in [1.54, 1.807) is 0 Å². The largest absolute Gasteiger partial charge is 0.303 e. The molecule has 1 atom stereocenters. The van der Waals surface area contributed by atoms with Crippen LogP contribution >= 0.6 is 11.8 Å². The van der Waals surface area contributed by atoms with Gasteiger partial charge in [-0.2, -0.15) is 0 Å². The first-order valence-electron chi connectivity index (χ1n) is 5.40. The highest BCUT2D eigenvalue weighted by Gasteiger charge is 2.46. The van der Waals surface area contributed by atoms with Crippen LogP contribution in [0.3, 0.4) is 0 Å². The van der Waals surface area contributed by atoms with E-state index in [-0.39, 0.29) is 5.92 Å². The molecule has 0 N–H and O–H groups in total. The molecule has 2 heteroatoms. The first kappa shape index (κ1) is 10.7. The van der Waals surface area contributed by atoms with Crippen LogP contribution in [0, 0.1) is 11.3 Å². The van der Waals surface area contributed by atoms with Crippen molar-refractivity contribution in [3.05, 3.63) is 30.3 Å². The normalized spacial score (nSPS) is 19.5. The van der Waals surface area contributed by atoms with Crippen LogP contribution in [0.1, 0.15) is 19.8 Å². The van der Waals surface area contributed by atoms with E-state index in [9.17, 15) is 4.79 Å². The summed E-state index contributed by atoms with van der Waals surface area (Å²) in [4.78, 5) is 12.1. The van der Waals surface area contributed by atoms with Crippen LogP contribution in [0.4, 0.5) is 0 Å². The number of hydrogen-bond donors (Lipinski definition) is 0. The van der Waals surface area contributed by atoms with Gasteiger partial charge in [0.2, 0.25) is 0 Å². The Balaban J connectivity index is 1.91. The second-order valence-corrected chi connectivity index (χ2v) is 5.44. The van der Waals surface area contributed by atoms with Gasteiger partial charge in [0, 0.05) is 16.6 Å². The van der Waals surface area contributed by atoms with Gasteiger partial charge in [0.1, 0.15) is 6.29 Å². The summed E-state index contributed by atoms with van der Waals surface area (Å²) in [7, 11) is 0. The SMILES string of the molecule is CC(C=O)C1(CSc2ccccc2)CC1. The number of thioether (sulfide) groups is 1. The van der Waals surface area contributed by atoms with E-state index in [1.807, 2.05) is 24.8 Å². The maximum atomic E-state index is 10.8. The molecule has 80 valence electrons. The summed E-state index contributed by atoms with van der Waals surface area (Å²) in [6, 6.07) is 10.4. The Morgan fingerprint density at radius 2 is 2.07 bits per heavy atom. The van der Waals surface area contributed by atoms with Gasteiger partial charge >= 0.3 is 0 Å². The summed E-state index contributed by atoms with van der Waals surface area (Å²) in [6.07, 6.45) is 3.54. The molecular weight excluding hydrogens is 204 g/mol. The first-order chi connectivity index (χ1) is 7.27. The highest BCUT2D eigenvalue weighted by Crippen LogP contribution is 2.54. The maximum Gasteiger partial charge on any atom is 0.123 e. The van der Waals surface area contributed by atoms with Crippen molar-refractivity contribution < 1.29 is 4.79 Å². The second-order valence-electron chi connectivity index (χ2n) is 4.39. The summed E-state index contributed by atoms with van der Waals surface area (Å²) in [6.45, 7) is 2.05. The van der Waals surface area contributed by atoms with E-state index >= 15 is 0 Å². The summed E-state index contributed by atoms with van der Waals surface area (Å²) in [5.41, 5.74) is 0.308. The van der Waals surface area contributed by atoms with Gasteiger partial charge < -0.3 is 4.79 Å². The molecule has 1 fully saturated rings. The number of carbonyl (C=O) groups is 1. The fourth-order valence-electron chi connectivity index (χ4n) is 1.78. The molecule has 1 aromatic carbocycles. The first-order valence-corrected chi connectivity index (χ1v) is 6.38. The maximum absolute atomic E-state index is 10.8. The molecule has 1 nitrogen and oxygen atoms in total. The van der Waals surface area contributed by atoms with Crippen molar-refractivity contribution >= 4 is 18.0 Å². The Bertz CT molecular complexity index is 330. The lowest BCUT2D eigenvalue weighted by molar-refractivity contribution is -0.112. The van der Waals surface area contributed by atoms with Gasteiger partial charge in [-0.3, -0.25) is 0 Å². The van der Waals surface area contributed by atoms with Crippen LogP contribution in [0.5, 0.6) is 0 Å². The van der Waals surface area contributed by atoms with E-state index < -0.39 is 0 Å². The van der Waals surface area contributed by atoms with E-state index in [4.69, 9.17) is 0 Å². The minimum absolute atomic E-state index is 0.216. The van der Waals surface area contributed by atoms with Crippen molar-refractivity contribution in [3.63, 3.8) is 0 Å². The molecule has 2 rings (SSSR count). The second kappa shape index (κ2) is 4.40. The van der Waals surface area contributed by atoms with Crippen molar-refractivity contribution in [2.24, 2.45) is 11.3 Å². The Hall–Kier alpha value is -0.760. The molecule has 1 aromatic rings. The van der Waals surface area contributed by atoms with Crippen LogP contribution < -0.4 is 0 Å². The Labute approximate surface area is 95.3 Å². The third kappa shape index (κ3) is 2.43. The van der Waals surface area contributed by atoms with Gasteiger partial charge in [-0.15, -0.1) is 11.8 Å². The zero-order chi connectivity index (χ0) is 10.7. The highest BCUT2D eigenvalue weighted by atomic mass is 32.2. The Kier molecular flexibility index (Phi) is 3.15. The smallest absolute Gasteiger partial charge is 0.123 e. The van der Waals surface area contributed by atoms with Gasteiger partial charge in [-0.1, -0.05) is 25.1 Å². The molecule has 15 heavy (non-hydrogen) atoms. The van der Waals surface area contributed by atoms with E-state index in [0.29, 0.717) is 5.41 Å². The molecule has 0 aliphatic heterocycles. The van der Waals surface area contributed by atoms with Crippen molar-refractivity contribution in [1.82, 2.24) is 0 Å². The highest BCUT2D eigenvalue weighted by molar-refractivity contribution is 7.99. The molecule has 1 aliphatic carbocycles. The monoisotopic (exact) mass is 220 g/mol. The molecule has 0 spiro atoms. The van der Waals surface area contributed by atoms with Crippen LogP contribution in [0.2, 0.25) is 0 Å². The van der Waals surface area contributed by atoms with E-state index in [1.165, 1.54) is 17.7 Å². The lowest BCUT2D eigenvalue weighted by atomic mass is 9.94. The molecule has 0 bridgehead atoms. The molecule has 0 saturated heterocycles. The van der Waals surface area contributed by atoms with Crippen LogP contribution in [0.25, 0.3) is 0 Å². The lowest BCUT2D eigenvalue weighted by Crippen LogP contribution is -2.16. The minimum Gasteiger partial charge on any atom is -0.303 e. The summed E-state index contributed by atoms with van der Waals surface area (Å²) in [5.74, 6) is 1.30. The fraction of sp³-hybridized carbons (Fsp3) is 0.462. The van der Waals surface area contributed by atoms with Crippen molar-refractivity contribution in [3.8, 4) is 0 Å². The minimum atomic E-state index is 0.216. The fourth-order valence-corrected chi connectivity index (χ4v) is 3.14. The summed E-state index contributed by atoms with van der Waals surface area (Å²) < 4.78 is 0. The average molecular weight is 220 g/mol. The van der Waals surface area contributed by atoms with E-state index in [2.05, 4.69) is 24.3 Å². The Morgan fingerprint density at radius 1 is 1.40 bits per heavy atom. The molecule has 0 amide bonds. The average Bonchev–Trinajstić information content (AvgIpc) is 3.08. The Morgan fingerprint density at radius 3 is 2.60 bits per heavy atom. The number of hydrogen-bond acceptors (Lipinski definition) is 2. The lowest BCUT2D eigenvalue weighted by Gasteiger charge is -2.17. The standard InChI is InChI=1S/C13H16OS/c1-11(9-14)13(7-8-13)10-15-12-5-3-2-4-6-12/h2-6,9,11H,7-8,10H2,1H3. The predicted octanol–water partition coefficient (Wildman–Crippen LogP) is 3.39. The number of carbonyl (C=O) groups excluding carboxylic acids is 1. The van der Waals surface area contributed by atoms with Crippen molar-refractivity contribution in [2.75, 3.05) is 5.75 Å². The van der Waals surface area contributed by atoms with Crippen LogP contribution in [0.15, 0.2) is 35.2 Å². The van der Waals surface area contributed by atoms with Crippen molar-refractivity contribution in [1.29, 1.82) is 0 Å². The molecule has 1 unspecified atom stereocenters. The van der Waals surface area contributed by atoms with Gasteiger partial charge in [0.25, 0.3) is 0 Å². The van der Waals surface area contributed by atoms with Gasteiger partial charge in [0.05, 0.1) is 0 Å². The van der Waals surface area contributed by atoms with Crippen LogP contribution in [-0.4, -0.2) is 12.0 Å². The number of rotatable bonds is 5. The predicted molar refractivity (Wildman–Crippen MR) is 64.1 cm³/mol. The van der Waals surface area contributed by atoms with Crippen LogP contribution in [-0.2, 0) is 4.79 Å². The third-order valence-electron chi connectivity index (χ3n) is 3.33. The molecule has 0 aromatic heterocycles. The molecule has 0 heterocycles. The zero-order valence-electron chi connectivity index (χ0n) is 8.98. The van der Waals surface area contributed by atoms with Crippen molar-refractivity contribution in [2.45, 2.75) is 24.7 Å². The molecule has 1 saturated carbocycles. The number of benzene rings is 1. The summed E-state index contributed by atoms with van der Waals surface area (Å²) >= 11 is 1.87. The summed E-state index contributed by atoms with van der Waals surface area (Å²) in [5, 5.41) is 0. The molecule has 0 radical (unpaired) electrons. The topological polar surface area (TPSA) is 17.1 Å². The molecular formula is C13H16OS. The van der Waals surface area contributed by atoms with Gasteiger partial charge in [-0.25, -0.2) is 0 Å². The van der Waals surface area contributed by atoms with Gasteiger partial charge in [-0.05, 0) is 30.4 Å². The van der Waals surface area contributed by atoms with E-state index in [0.717, 1.165) is 12.0 Å². The zero-order valence-corrected chi connectivity index (χ0v) is 9.80. The number of aldehydes is 1. The van der Waals surface area contributed by atoms with Gasteiger partial charge in [0.15, 0.2) is 0 Å². The molecule has 1 aliphatic rings. The third-order valence-corrected chi connectivity index (χ3v) is 4.66.